The Morgan fingerprint density at radius 2 is 1.00 bits per heavy atom. The molecule has 2 aliphatic rings. The maximum Gasteiger partial charge on any atom is 0.162 e. The molecule has 13 rings (SSSR count). The third-order valence-electron chi connectivity index (χ3n) is 12.4. The first kappa shape index (κ1) is 30.7. The van der Waals surface area contributed by atoms with Gasteiger partial charge in [0.15, 0.2) is 5.82 Å². The maximum absolute atomic E-state index is 6.35. The van der Waals surface area contributed by atoms with E-state index >= 15 is 0 Å². The number of para-hydroxylation sites is 2. The van der Waals surface area contributed by atoms with Gasteiger partial charge in [-0.05, 0) is 74.8 Å². The molecule has 0 saturated carbocycles. The first-order valence-corrected chi connectivity index (χ1v) is 19.5. The molecule has 0 aliphatic heterocycles. The lowest BCUT2D eigenvalue weighted by Gasteiger charge is -2.30. The Morgan fingerprint density at radius 1 is 0.404 bits per heavy atom. The van der Waals surface area contributed by atoms with Crippen LogP contribution in [0.3, 0.4) is 0 Å². The first-order valence-electron chi connectivity index (χ1n) is 19.5. The van der Waals surface area contributed by atoms with E-state index in [1.807, 2.05) is 36.4 Å². The summed E-state index contributed by atoms with van der Waals surface area (Å²) in [5.74, 6) is 1.48. The lowest BCUT2D eigenvalue weighted by molar-refractivity contribution is 0.669. The zero-order chi connectivity index (χ0) is 37.2. The zero-order valence-electron chi connectivity index (χ0n) is 30.6. The second-order valence-electron chi connectivity index (χ2n) is 15.2. The van der Waals surface area contributed by atoms with Crippen LogP contribution in [0.4, 0.5) is 0 Å². The summed E-state index contributed by atoms with van der Waals surface area (Å²) in [6.07, 6.45) is 0. The van der Waals surface area contributed by atoms with Crippen molar-refractivity contribution in [3.8, 4) is 50.7 Å². The number of nitrogens with zero attached hydrogens (tertiary/aromatic N) is 3. The van der Waals surface area contributed by atoms with Crippen molar-refractivity contribution in [3.63, 3.8) is 0 Å². The van der Waals surface area contributed by atoms with Gasteiger partial charge in [-0.15, -0.1) is 0 Å². The van der Waals surface area contributed by atoms with Crippen LogP contribution in [0.5, 0.6) is 0 Å². The van der Waals surface area contributed by atoms with Gasteiger partial charge >= 0.3 is 0 Å². The van der Waals surface area contributed by atoms with Crippen molar-refractivity contribution in [2.75, 3.05) is 0 Å². The van der Waals surface area contributed by atoms with Crippen LogP contribution in [-0.2, 0) is 5.41 Å². The van der Waals surface area contributed by atoms with Crippen LogP contribution in [-0.4, -0.2) is 14.5 Å². The lowest BCUT2D eigenvalue weighted by Crippen LogP contribution is -2.25. The van der Waals surface area contributed by atoms with Gasteiger partial charge in [-0.1, -0.05) is 152 Å². The molecular weight excluding hydrogens is 695 g/mol. The van der Waals surface area contributed by atoms with Crippen LogP contribution in [0.25, 0.3) is 94.5 Å². The maximum atomic E-state index is 6.35. The van der Waals surface area contributed by atoms with Crippen molar-refractivity contribution in [1.29, 1.82) is 0 Å². The third kappa shape index (κ3) is 4.01. The third-order valence-corrected chi connectivity index (χ3v) is 12.4. The molecule has 0 amide bonds. The smallest absolute Gasteiger partial charge is 0.162 e. The Kier molecular flexibility index (Phi) is 6.07. The number of hydrogen-bond donors (Lipinski definition) is 0. The molecule has 0 unspecified atom stereocenters. The van der Waals surface area contributed by atoms with Gasteiger partial charge in [0.2, 0.25) is 0 Å². The molecule has 0 fully saturated rings. The van der Waals surface area contributed by atoms with Crippen molar-refractivity contribution in [1.82, 2.24) is 14.5 Å². The number of fused-ring (bicyclic) bond motifs is 16. The molecule has 57 heavy (non-hydrogen) atoms. The molecule has 0 bridgehead atoms. The topological polar surface area (TPSA) is 43.9 Å². The second kappa shape index (κ2) is 11.2. The van der Waals surface area contributed by atoms with E-state index in [2.05, 4.69) is 156 Å². The Balaban J connectivity index is 1.13. The van der Waals surface area contributed by atoms with Crippen LogP contribution >= 0.6 is 0 Å². The second-order valence-corrected chi connectivity index (χ2v) is 15.2. The first-order chi connectivity index (χ1) is 28.3. The molecule has 0 radical (unpaired) electrons. The lowest BCUT2D eigenvalue weighted by atomic mass is 9.70. The number of furan rings is 1. The standard InChI is InChI=1S/C53H31N3O/c1-2-15-32(16-3-1)52-54-45(37-22-14-28-49-51(37)38-21-8-13-27-48(38)57-49)31-50(55-52)56-46-26-12-7-20-36(46)40-29-44-39(30-47(40)56)35-19-6-11-25-43(35)53(44)41-23-9-4-17-33(41)34-18-5-10-24-42(34)53/h1-31H. The van der Waals surface area contributed by atoms with Crippen molar-refractivity contribution in [2.45, 2.75) is 5.41 Å². The highest BCUT2D eigenvalue weighted by molar-refractivity contribution is 6.14. The van der Waals surface area contributed by atoms with Crippen LogP contribution < -0.4 is 0 Å². The van der Waals surface area contributed by atoms with Crippen LogP contribution in [0.1, 0.15) is 22.3 Å². The molecule has 8 aromatic carbocycles. The van der Waals surface area contributed by atoms with Gasteiger partial charge in [0, 0.05) is 38.7 Å². The number of benzene rings is 8. The van der Waals surface area contributed by atoms with Gasteiger partial charge in [-0.2, -0.15) is 0 Å². The normalized spacial score (nSPS) is 13.4. The van der Waals surface area contributed by atoms with Gasteiger partial charge in [-0.25, -0.2) is 9.97 Å². The van der Waals surface area contributed by atoms with Gasteiger partial charge in [0.25, 0.3) is 0 Å². The Bertz CT molecular complexity index is 3440. The minimum atomic E-state index is -0.425. The molecular formula is C53H31N3O. The summed E-state index contributed by atoms with van der Waals surface area (Å²) in [7, 11) is 0. The van der Waals surface area contributed by atoms with Crippen LogP contribution in [0.2, 0.25) is 0 Å². The fourth-order valence-corrected chi connectivity index (χ4v) is 10.2. The summed E-state index contributed by atoms with van der Waals surface area (Å²) in [4.78, 5) is 10.7. The van der Waals surface area contributed by atoms with Gasteiger partial charge < -0.3 is 4.42 Å². The monoisotopic (exact) mass is 725 g/mol. The van der Waals surface area contributed by atoms with E-state index in [-0.39, 0.29) is 0 Å². The van der Waals surface area contributed by atoms with Crippen molar-refractivity contribution in [2.24, 2.45) is 0 Å². The molecule has 1 spiro atoms. The summed E-state index contributed by atoms with van der Waals surface area (Å²) < 4.78 is 8.70. The van der Waals surface area contributed by atoms with Crippen molar-refractivity contribution in [3.05, 3.63) is 210 Å². The highest BCUT2D eigenvalue weighted by Crippen LogP contribution is 2.63. The number of rotatable bonds is 3. The summed E-state index contributed by atoms with van der Waals surface area (Å²) in [5.41, 5.74) is 16.8. The molecule has 4 heteroatoms. The minimum absolute atomic E-state index is 0.425. The summed E-state index contributed by atoms with van der Waals surface area (Å²) in [5, 5.41) is 4.50. The minimum Gasteiger partial charge on any atom is -0.456 e. The highest BCUT2D eigenvalue weighted by Gasteiger charge is 2.51. The fourth-order valence-electron chi connectivity index (χ4n) is 10.2. The molecule has 0 N–H and O–H groups in total. The fraction of sp³-hybridized carbons (Fsp3) is 0.0189. The van der Waals surface area contributed by atoms with E-state index in [0.717, 1.165) is 55.6 Å². The van der Waals surface area contributed by atoms with E-state index in [0.29, 0.717) is 5.82 Å². The number of aromatic nitrogens is 3. The van der Waals surface area contributed by atoms with Crippen LogP contribution in [0.15, 0.2) is 192 Å². The van der Waals surface area contributed by atoms with E-state index in [9.17, 15) is 0 Å². The molecule has 0 saturated heterocycles. The van der Waals surface area contributed by atoms with Gasteiger partial charge in [0.05, 0.1) is 22.1 Å². The number of hydrogen-bond acceptors (Lipinski definition) is 3. The summed E-state index contributed by atoms with van der Waals surface area (Å²) in [6.45, 7) is 0. The molecule has 3 aromatic heterocycles. The van der Waals surface area contributed by atoms with Crippen molar-refractivity contribution >= 4 is 43.7 Å². The average molecular weight is 726 g/mol. The summed E-state index contributed by atoms with van der Waals surface area (Å²) in [6, 6.07) is 67.6. The van der Waals surface area contributed by atoms with Crippen LogP contribution in [0, 0.1) is 0 Å². The van der Waals surface area contributed by atoms with Crippen molar-refractivity contribution < 1.29 is 4.42 Å². The van der Waals surface area contributed by atoms with E-state index in [1.165, 1.54) is 55.3 Å². The van der Waals surface area contributed by atoms with E-state index in [1.54, 1.807) is 0 Å². The SMILES string of the molecule is c1ccc(-c2nc(-c3cccc4oc5ccccc5c34)cc(-n3c4ccccc4c4cc5c(cc43)-c3ccccc3C53c4ccccc4-c4ccccc43)n2)cc1. The molecule has 4 nitrogen and oxygen atoms in total. The molecule has 0 atom stereocenters. The zero-order valence-corrected chi connectivity index (χ0v) is 30.6. The Hall–Kier alpha value is -7.56. The predicted octanol–water partition coefficient (Wildman–Crippen LogP) is 13.2. The van der Waals surface area contributed by atoms with E-state index in [4.69, 9.17) is 14.4 Å². The Morgan fingerprint density at radius 3 is 1.75 bits per heavy atom. The average Bonchev–Trinajstić information content (AvgIpc) is 3.99. The highest BCUT2D eigenvalue weighted by atomic mass is 16.3. The quantitative estimate of drug-likeness (QED) is 0.182. The van der Waals surface area contributed by atoms with Gasteiger partial charge in [0.1, 0.15) is 17.0 Å². The van der Waals surface area contributed by atoms with E-state index < -0.39 is 5.41 Å². The Labute approximate surface area is 328 Å². The van der Waals surface area contributed by atoms with Gasteiger partial charge in [-0.3, -0.25) is 4.57 Å². The summed E-state index contributed by atoms with van der Waals surface area (Å²) >= 11 is 0. The molecule has 2 aliphatic carbocycles. The predicted molar refractivity (Wildman–Crippen MR) is 231 cm³/mol. The molecule has 264 valence electrons. The molecule has 3 heterocycles. The largest absolute Gasteiger partial charge is 0.456 e. The molecule has 11 aromatic rings.